The first kappa shape index (κ1) is 18.5. The molecule has 126 valence electrons. The van der Waals surface area contributed by atoms with Gasteiger partial charge in [-0.15, -0.1) is 0 Å². The Balaban J connectivity index is 2.33. The number of nitrogens with one attached hydrogen (secondary N) is 1. The molecule has 1 aromatic heterocycles. The minimum atomic E-state index is -0.183. The van der Waals surface area contributed by atoms with Gasteiger partial charge in [0.05, 0.1) is 0 Å². The van der Waals surface area contributed by atoms with E-state index in [0.29, 0.717) is 13.1 Å². The Labute approximate surface area is 137 Å². The molecule has 0 aromatic carbocycles. The van der Waals surface area contributed by atoms with Gasteiger partial charge in [-0.2, -0.15) is 0 Å². The van der Waals surface area contributed by atoms with Crippen molar-refractivity contribution in [3.05, 3.63) is 54.0 Å². The van der Waals surface area contributed by atoms with Crippen molar-refractivity contribution in [1.82, 2.24) is 19.4 Å². The van der Waals surface area contributed by atoms with Crippen LogP contribution in [0.1, 0.15) is 33.1 Å². The molecule has 0 aliphatic rings. The normalized spacial score (nSPS) is 11.2. The number of amides is 2. The molecule has 1 N–H and O–H groups in total. The van der Waals surface area contributed by atoms with Gasteiger partial charge < -0.3 is 10.2 Å². The Kier molecular flexibility index (Phi) is 8.28. The van der Waals surface area contributed by atoms with Gasteiger partial charge in [0.1, 0.15) is 0 Å². The molecule has 0 saturated carbocycles. The summed E-state index contributed by atoms with van der Waals surface area (Å²) < 4.78 is 3.26. The second kappa shape index (κ2) is 10.3. The van der Waals surface area contributed by atoms with E-state index in [-0.39, 0.29) is 11.7 Å². The number of aryl methyl sites for hydroxylation is 1. The Morgan fingerprint density at radius 2 is 2.04 bits per heavy atom. The number of hydrogen-bond acceptors (Lipinski definition) is 2. The zero-order chi connectivity index (χ0) is 17.1. The van der Waals surface area contributed by atoms with Crippen LogP contribution in [0.5, 0.6) is 0 Å². The van der Waals surface area contributed by atoms with Gasteiger partial charge in [-0.1, -0.05) is 18.7 Å². The van der Waals surface area contributed by atoms with E-state index in [9.17, 15) is 9.59 Å². The van der Waals surface area contributed by atoms with E-state index in [2.05, 4.69) is 11.9 Å². The lowest BCUT2D eigenvalue weighted by Gasteiger charge is -2.17. The van der Waals surface area contributed by atoms with Crippen molar-refractivity contribution in [2.75, 3.05) is 6.54 Å². The minimum Gasteiger partial charge on any atom is -0.315 e. The molecule has 0 bridgehead atoms. The summed E-state index contributed by atoms with van der Waals surface area (Å²) in [4.78, 5) is 25.3. The van der Waals surface area contributed by atoms with Crippen molar-refractivity contribution in [3.63, 3.8) is 0 Å². The van der Waals surface area contributed by atoms with Crippen molar-refractivity contribution in [3.8, 4) is 0 Å². The fourth-order valence-electron chi connectivity index (χ4n) is 2.13. The fourth-order valence-corrected chi connectivity index (χ4v) is 2.13. The average Bonchev–Trinajstić information content (AvgIpc) is 2.89. The van der Waals surface area contributed by atoms with Crippen LogP contribution in [-0.4, -0.2) is 26.6 Å². The summed E-state index contributed by atoms with van der Waals surface area (Å²) in [5.74, 6) is 0. The highest BCUT2D eigenvalue weighted by Crippen LogP contribution is 2.02. The summed E-state index contributed by atoms with van der Waals surface area (Å²) >= 11 is 0. The smallest absolute Gasteiger partial charge is 0.315 e. The topological polar surface area (TPSA) is 59.3 Å². The van der Waals surface area contributed by atoms with Gasteiger partial charge in [0, 0.05) is 44.1 Å². The molecule has 0 spiro atoms. The van der Waals surface area contributed by atoms with E-state index < -0.39 is 0 Å². The molecule has 6 heteroatoms. The van der Waals surface area contributed by atoms with Crippen molar-refractivity contribution in [2.45, 2.75) is 39.7 Å². The lowest BCUT2D eigenvalue weighted by Crippen LogP contribution is -2.34. The minimum absolute atomic E-state index is 0.0263. The Hall–Kier alpha value is -2.50. The molecule has 0 aliphatic carbocycles. The molecule has 0 aliphatic heterocycles. The maximum absolute atomic E-state index is 12.0. The number of aromatic nitrogens is 2. The van der Waals surface area contributed by atoms with Gasteiger partial charge in [-0.25, -0.2) is 9.59 Å². The largest absolute Gasteiger partial charge is 0.332 e. The number of nitrogens with zero attached hydrogens (tertiary/aromatic N) is 3. The Morgan fingerprint density at radius 1 is 1.26 bits per heavy atom. The third-order valence-corrected chi connectivity index (χ3v) is 3.34. The summed E-state index contributed by atoms with van der Waals surface area (Å²) in [6, 6.07) is -0.183. The fraction of sp³-hybridized carbons (Fsp3) is 0.412. The van der Waals surface area contributed by atoms with Crippen LogP contribution in [0.4, 0.5) is 4.79 Å². The highest BCUT2D eigenvalue weighted by Gasteiger charge is 2.07. The maximum atomic E-state index is 12.0. The van der Waals surface area contributed by atoms with E-state index in [0.717, 1.165) is 19.3 Å². The number of hydrogen-bond donors (Lipinski definition) is 1. The Bertz CT molecular complexity index is 610. The van der Waals surface area contributed by atoms with Crippen LogP contribution < -0.4 is 11.0 Å². The standard InChI is InChI=1S/C17H26N4O2/c1-4-10-18-16(22)19(6-3)12-8-7-9-13-21-15-14-20(11-5-2)17(21)23/h4-6,10-11,14-15H,3,7-9,12-13H2,1-2H3,(H,18,22)/b10-4+,11-5+. The highest BCUT2D eigenvalue weighted by atomic mass is 16.2. The summed E-state index contributed by atoms with van der Waals surface area (Å²) in [5.41, 5.74) is -0.0263. The first-order valence-corrected chi connectivity index (χ1v) is 7.85. The van der Waals surface area contributed by atoms with Crippen LogP contribution in [0.3, 0.4) is 0 Å². The summed E-state index contributed by atoms with van der Waals surface area (Å²) in [6.45, 7) is 8.66. The average molecular weight is 318 g/mol. The lowest BCUT2D eigenvalue weighted by atomic mass is 10.2. The van der Waals surface area contributed by atoms with Gasteiger partial charge in [-0.05, 0) is 33.1 Å². The van der Waals surface area contributed by atoms with Crippen LogP contribution in [-0.2, 0) is 6.54 Å². The van der Waals surface area contributed by atoms with Gasteiger partial charge in [-0.3, -0.25) is 9.13 Å². The summed E-state index contributed by atoms with van der Waals surface area (Å²) in [7, 11) is 0. The Morgan fingerprint density at radius 3 is 2.70 bits per heavy atom. The van der Waals surface area contributed by atoms with Crippen molar-refractivity contribution in [2.24, 2.45) is 0 Å². The number of allylic oxidation sites excluding steroid dienone is 2. The summed E-state index contributed by atoms with van der Waals surface area (Å²) in [6.07, 6.45) is 14.7. The molecule has 0 fully saturated rings. The molecule has 1 rings (SSSR count). The monoisotopic (exact) mass is 318 g/mol. The number of unbranched alkanes of at least 4 members (excludes halogenated alkanes) is 2. The van der Waals surface area contributed by atoms with Crippen molar-refractivity contribution in [1.29, 1.82) is 0 Å². The second-order valence-corrected chi connectivity index (χ2v) is 5.05. The molecule has 0 atom stereocenters. The third-order valence-electron chi connectivity index (χ3n) is 3.34. The van der Waals surface area contributed by atoms with Gasteiger partial charge >= 0.3 is 11.7 Å². The molecule has 1 aromatic rings. The number of carbonyl (C=O) groups is 1. The first-order chi connectivity index (χ1) is 11.1. The predicted molar refractivity (Wildman–Crippen MR) is 93.8 cm³/mol. The van der Waals surface area contributed by atoms with Gasteiger partial charge in [0.25, 0.3) is 0 Å². The lowest BCUT2D eigenvalue weighted by molar-refractivity contribution is 0.218. The van der Waals surface area contributed by atoms with Gasteiger partial charge in [0.2, 0.25) is 0 Å². The quantitative estimate of drug-likeness (QED) is 0.712. The van der Waals surface area contributed by atoms with Crippen LogP contribution in [0.25, 0.3) is 6.20 Å². The zero-order valence-electron chi connectivity index (χ0n) is 13.9. The van der Waals surface area contributed by atoms with E-state index in [1.54, 1.807) is 44.9 Å². The third kappa shape index (κ3) is 6.02. The van der Waals surface area contributed by atoms with Crippen LogP contribution in [0, 0.1) is 0 Å². The van der Waals surface area contributed by atoms with Crippen LogP contribution in [0.15, 0.2) is 48.3 Å². The number of urea groups is 1. The maximum Gasteiger partial charge on any atom is 0.332 e. The summed E-state index contributed by atoms with van der Waals surface area (Å²) in [5, 5.41) is 2.65. The van der Waals surface area contributed by atoms with Crippen molar-refractivity contribution >= 4 is 12.2 Å². The molecule has 23 heavy (non-hydrogen) atoms. The molecule has 1 heterocycles. The number of rotatable bonds is 9. The number of imidazole rings is 1. The SMILES string of the molecule is C=CN(CCCCCn1ccn(/C=C/C)c1=O)C(=O)N/C=C/C. The van der Waals surface area contributed by atoms with E-state index in [4.69, 9.17) is 0 Å². The molecule has 0 saturated heterocycles. The zero-order valence-corrected chi connectivity index (χ0v) is 13.9. The van der Waals surface area contributed by atoms with Crippen LogP contribution >= 0.6 is 0 Å². The molecule has 0 radical (unpaired) electrons. The molecule has 6 nitrogen and oxygen atoms in total. The molecular weight excluding hydrogens is 292 g/mol. The van der Waals surface area contributed by atoms with E-state index >= 15 is 0 Å². The predicted octanol–water partition coefficient (Wildman–Crippen LogP) is 3.00. The van der Waals surface area contributed by atoms with Crippen LogP contribution in [0.2, 0.25) is 0 Å². The first-order valence-electron chi connectivity index (χ1n) is 7.85. The van der Waals surface area contributed by atoms with Crippen molar-refractivity contribution < 1.29 is 4.79 Å². The van der Waals surface area contributed by atoms with Gasteiger partial charge in [0.15, 0.2) is 0 Å². The molecular formula is C17H26N4O2. The molecule has 0 unspecified atom stereocenters. The van der Waals surface area contributed by atoms with E-state index in [1.807, 2.05) is 19.9 Å². The second-order valence-electron chi connectivity index (χ2n) is 5.05. The molecule has 2 amide bonds. The number of carbonyl (C=O) groups excluding carboxylic acids is 1. The highest BCUT2D eigenvalue weighted by molar-refractivity contribution is 5.76. The van der Waals surface area contributed by atoms with E-state index in [1.165, 1.54) is 6.20 Å².